The molecule has 0 unspecified atom stereocenters. The number of aliphatic imine (C=N–C) groups is 1. The molecule has 1 aromatic rings. The summed E-state index contributed by atoms with van der Waals surface area (Å²) in [5, 5.41) is 1.97. The number of thioether (sulfide) groups is 1. The SMILES string of the molecule is CC1=NCc2c(N)ncnc2S1. The van der Waals surface area contributed by atoms with Crippen molar-refractivity contribution >= 4 is 22.6 Å². The number of nitrogens with zero attached hydrogens (tertiary/aromatic N) is 3. The quantitative estimate of drug-likeness (QED) is 0.607. The van der Waals surface area contributed by atoms with E-state index in [4.69, 9.17) is 5.73 Å². The molecule has 0 aromatic carbocycles. The normalized spacial score (nSPS) is 15.2. The molecule has 0 fully saturated rings. The number of rotatable bonds is 0. The third kappa shape index (κ3) is 1.16. The zero-order chi connectivity index (χ0) is 8.55. The van der Waals surface area contributed by atoms with Gasteiger partial charge in [0.2, 0.25) is 0 Å². The average molecular weight is 180 g/mol. The van der Waals surface area contributed by atoms with Gasteiger partial charge in [-0.15, -0.1) is 0 Å². The second kappa shape index (κ2) is 2.75. The molecular formula is C7H8N4S. The van der Waals surface area contributed by atoms with E-state index in [0.29, 0.717) is 12.4 Å². The second-order valence-electron chi connectivity index (χ2n) is 2.48. The van der Waals surface area contributed by atoms with Gasteiger partial charge >= 0.3 is 0 Å². The fourth-order valence-electron chi connectivity index (χ4n) is 1.01. The van der Waals surface area contributed by atoms with Gasteiger partial charge in [-0.25, -0.2) is 9.97 Å². The van der Waals surface area contributed by atoms with Crippen molar-refractivity contribution in [3.05, 3.63) is 11.9 Å². The van der Waals surface area contributed by atoms with Crippen LogP contribution in [0.15, 0.2) is 16.3 Å². The summed E-state index contributed by atoms with van der Waals surface area (Å²) in [5.41, 5.74) is 6.61. The first-order valence-corrected chi connectivity index (χ1v) is 4.37. The maximum absolute atomic E-state index is 5.65. The van der Waals surface area contributed by atoms with Crippen LogP contribution in [-0.2, 0) is 6.54 Å². The van der Waals surface area contributed by atoms with Gasteiger partial charge in [-0.05, 0) is 6.92 Å². The Balaban J connectivity index is 2.49. The van der Waals surface area contributed by atoms with Gasteiger partial charge in [0, 0.05) is 5.56 Å². The molecule has 2 N–H and O–H groups in total. The van der Waals surface area contributed by atoms with Gasteiger partial charge in [0.15, 0.2) is 0 Å². The predicted octanol–water partition coefficient (Wildman–Crippen LogP) is 1.08. The van der Waals surface area contributed by atoms with Crippen LogP contribution in [0.5, 0.6) is 0 Å². The molecule has 0 radical (unpaired) electrons. The van der Waals surface area contributed by atoms with E-state index in [1.165, 1.54) is 6.33 Å². The Hall–Kier alpha value is -1.10. The van der Waals surface area contributed by atoms with Gasteiger partial charge in [-0.1, -0.05) is 11.8 Å². The molecule has 0 bridgehead atoms. The highest BCUT2D eigenvalue weighted by Gasteiger charge is 2.14. The summed E-state index contributed by atoms with van der Waals surface area (Å²) in [7, 11) is 0. The topological polar surface area (TPSA) is 64.2 Å². The van der Waals surface area contributed by atoms with Gasteiger partial charge in [0.25, 0.3) is 0 Å². The van der Waals surface area contributed by atoms with Gasteiger partial charge in [0.05, 0.1) is 11.6 Å². The molecule has 4 nitrogen and oxygen atoms in total. The van der Waals surface area contributed by atoms with Crippen LogP contribution >= 0.6 is 11.8 Å². The fourth-order valence-corrected chi connectivity index (χ4v) is 1.81. The molecule has 1 aromatic heterocycles. The summed E-state index contributed by atoms with van der Waals surface area (Å²) in [6.45, 7) is 2.58. The fraction of sp³-hybridized carbons (Fsp3) is 0.286. The first-order chi connectivity index (χ1) is 5.77. The number of nitrogens with two attached hydrogens (primary N) is 1. The lowest BCUT2D eigenvalue weighted by Crippen LogP contribution is -2.06. The lowest BCUT2D eigenvalue weighted by molar-refractivity contribution is 0.926. The molecule has 12 heavy (non-hydrogen) atoms. The van der Waals surface area contributed by atoms with Crippen LogP contribution in [0.3, 0.4) is 0 Å². The van der Waals surface area contributed by atoms with E-state index < -0.39 is 0 Å². The Kier molecular flexibility index (Phi) is 1.73. The molecule has 5 heteroatoms. The number of anilines is 1. The number of hydrogen-bond donors (Lipinski definition) is 1. The minimum absolute atomic E-state index is 0.545. The van der Waals surface area contributed by atoms with Crippen molar-refractivity contribution in [2.24, 2.45) is 4.99 Å². The molecule has 0 amide bonds. The van der Waals surface area contributed by atoms with Gasteiger partial charge in [0.1, 0.15) is 17.2 Å². The van der Waals surface area contributed by atoms with E-state index in [1.54, 1.807) is 11.8 Å². The lowest BCUT2D eigenvalue weighted by atomic mass is 10.3. The van der Waals surface area contributed by atoms with E-state index in [9.17, 15) is 0 Å². The van der Waals surface area contributed by atoms with Gasteiger partial charge < -0.3 is 5.73 Å². The van der Waals surface area contributed by atoms with E-state index in [-0.39, 0.29) is 0 Å². The van der Waals surface area contributed by atoms with Crippen LogP contribution in [0, 0.1) is 0 Å². The van der Waals surface area contributed by atoms with E-state index in [0.717, 1.165) is 15.6 Å². The highest BCUT2D eigenvalue weighted by Crippen LogP contribution is 2.29. The first-order valence-electron chi connectivity index (χ1n) is 3.55. The minimum atomic E-state index is 0.545. The van der Waals surface area contributed by atoms with Crippen LogP contribution in [0.2, 0.25) is 0 Å². The summed E-state index contributed by atoms with van der Waals surface area (Å²) in [6.07, 6.45) is 1.49. The molecule has 62 valence electrons. The van der Waals surface area contributed by atoms with Crippen molar-refractivity contribution in [2.45, 2.75) is 18.5 Å². The van der Waals surface area contributed by atoms with Crippen LogP contribution in [-0.4, -0.2) is 15.0 Å². The predicted molar refractivity (Wildman–Crippen MR) is 49.1 cm³/mol. The van der Waals surface area contributed by atoms with Crippen LogP contribution in [0.1, 0.15) is 12.5 Å². The summed E-state index contributed by atoms with van der Waals surface area (Å²) in [6, 6.07) is 0. The lowest BCUT2D eigenvalue weighted by Gasteiger charge is -2.12. The summed E-state index contributed by atoms with van der Waals surface area (Å²) < 4.78 is 0. The second-order valence-corrected chi connectivity index (χ2v) is 3.66. The van der Waals surface area contributed by atoms with Crippen molar-refractivity contribution in [1.82, 2.24) is 9.97 Å². The molecule has 0 saturated heterocycles. The number of fused-ring (bicyclic) bond motifs is 1. The molecule has 1 aliphatic rings. The zero-order valence-corrected chi connectivity index (χ0v) is 7.43. The van der Waals surface area contributed by atoms with Crippen molar-refractivity contribution in [3.63, 3.8) is 0 Å². The molecule has 2 rings (SSSR count). The van der Waals surface area contributed by atoms with Crippen LogP contribution < -0.4 is 5.73 Å². The van der Waals surface area contributed by atoms with E-state index in [2.05, 4.69) is 15.0 Å². The van der Waals surface area contributed by atoms with Crippen molar-refractivity contribution in [3.8, 4) is 0 Å². The minimum Gasteiger partial charge on any atom is -0.383 e. The molecule has 2 heterocycles. The molecular weight excluding hydrogens is 172 g/mol. The Morgan fingerprint density at radius 2 is 2.33 bits per heavy atom. The summed E-state index contributed by atoms with van der Waals surface area (Å²) in [5.74, 6) is 0.545. The Labute approximate surface area is 74.3 Å². The van der Waals surface area contributed by atoms with Crippen molar-refractivity contribution in [2.75, 3.05) is 5.73 Å². The Morgan fingerprint density at radius 1 is 1.50 bits per heavy atom. The molecule has 0 saturated carbocycles. The van der Waals surface area contributed by atoms with Crippen LogP contribution in [0.4, 0.5) is 5.82 Å². The molecule has 1 aliphatic heterocycles. The number of hydrogen-bond acceptors (Lipinski definition) is 5. The average Bonchev–Trinajstić information content (AvgIpc) is 2.04. The first kappa shape index (κ1) is 7.54. The monoisotopic (exact) mass is 180 g/mol. The number of aromatic nitrogens is 2. The third-order valence-electron chi connectivity index (χ3n) is 1.64. The maximum Gasteiger partial charge on any atom is 0.133 e. The van der Waals surface area contributed by atoms with E-state index in [1.807, 2.05) is 6.92 Å². The van der Waals surface area contributed by atoms with Crippen molar-refractivity contribution < 1.29 is 0 Å². The maximum atomic E-state index is 5.65. The van der Waals surface area contributed by atoms with E-state index >= 15 is 0 Å². The van der Waals surface area contributed by atoms with Crippen LogP contribution in [0.25, 0.3) is 0 Å². The Bertz CT molecular complexity index is 347. The standard InChI is InChI=1S/C7H8N4S/c1-4-9-2-5-6(8)10-3-11-7(5)12-4/h3H,2H2,1H3,(H2,8,10,11). The molecule has 0 atom stereocenters. The Morgan fingerprint density at radius 3 is 3.17 bits per heavy atom. The highest BCUT2D eigenvalue weighted by atomic mass is 32.2. The van der Waals surface area contributed by atoms with Gasteiger partial charge in [-0.2, -0.15) is 0 Å². The zero-order valence-electron chi connectivity index (χ0n) is 6.61. The van der Waals surface area contributed by atoms with Crippen molar-refractivity contribution in [1.29, 1.82) is 0 Å². The largest absolute Gasteiger partial charge is 0.383 e. The molecule has 0 aliphatic carbocycles. The molecule has 0 spiro atoms. The summed E-state index contributed by atoms with van der Waals surface area (Å²) >= 11 is 1.54. The number of nitrogen functional groups attached to an aromatic ring is 1. The highest BCUT2D eigenvalue weighted by molar-refractivity contribution is 8.13. The third-order valence-corrected chi connectivity index (χ3v) is 2.61. The summed E-state index contributed by atoms with van der Waals surface area (Å²) in [4.78, 5) is 12.3. The smallest absolute Gasteiger partial charge is 0.133 e. The van der Waals surface area contributed by atoms with Gasteiger partial charge in [-0.3, -0.25) is 4.99 Å².